The Labute approximate surface area is 110 Å². The molecule has 2 fully saturated rings. The van der Waals surface area contributed by atoms with Crippen molar-refractivity contribution in [2.24, 2.45) is 11.3 Å². The number of nitrogens with one attached hydrogen (secondary N) is 2. The van der Waals surface area contributed by atoms with Crippen LogP contribution in [0.1, 0.15) is 25.7 Å². The van der Waals surface area contributed by atoms with Crippen LogP contribution in [-0.2, 0) is 4.79 Å². The van der Waals surface area contributed by atoms with Crippen LogP contribution in [0.15, 0.2) is 0 Å². The molecule has 106 valence electrons. The lowest BCUT2D eigenvalue weighted by Gasteiger charge is -2.23. The molecule has 3 nitrogen and oxygen atoms in total. The quantitative estimate of drug-likeness (QED) is 0.832. The standard InChI is InChI=1S/C11H17F3N2O.ClH/c12-11(13,14)3-6-16-9(17)8-7-10(8)1-4-15-5-2-10;/h8,15H,1-7H2,(H,16,17);1H. The molecule has 1 atom stereocenters. The fraction of sp³-hybridized carbons (Fsp3) is 0.909. The molecule has 1 amide bonds. The Kier molecular flexibility index (Phi) is 4.89. The van der Waals surface area contributed by atoms with Gasteiger partial charge in [-0.3, -0.25) is 4.79 Å². The average Bonchev–Trinajstić information content (AvgIpc) is 2.91. The molecule has 0 bridgehead atoms. The van der Waals surface area contributed by atoms with Gasteiger partial charge < -0.3 is 10.6 Å². The van der Waals surface area contributed by atoms with Crippen molar-refractivity contribution >= 4 is 18.3 Å². The van der Waals surface area contributed by atoms with E-state index in [1.54, 1.807) is 0 Å². The summed E-state index contributed by atoms with van der Waals surface area (Å²) in [6, 6.07) is 0. The van der Waals surface area contributed by atoms with E-state index in [0.29, 0.717) is 0 Å². The van der Waals surface area contributed by atoms with Gasteiger partial charge in [0.2, 0.25) is 5.91 Å². The van der Waals surface area contributed by atoms with E-state index in [9.17, 15) is 18.0 Å². The number of halogens is 4. The van der Waals surface area contributed by atoms with Crippen LogP contribution >= 0.6 is 12.4 Å². The van der Waals surface area contributed by atoms with E-state index in [-0.39, 0.29) is 36.2 Å². The molecule has 1 heterocycles. The summed E-state index contributed by atoms with van der Waals surface area (Å²) in [5.74, 6) is -0.256. The highest BCUT2D eigenvalue weighted by molar-refractivity contribution is 5.85. The van der Waals surface area contributed by atoms with Gasteiger partial charge in [-0.1, -0.05) is 0 Å². The molecule has 1 saturated carbocycles. The van der Waals surface area contributed by atoms with Crippen molar-refractivity contribution in [1.82, 2.24) is 10.6 Å². The van der Waals surface area contributed by atoms with Gasteiger partial charge in [0.05, 0.1) is 6.42 Å². The Morgan fingerprint density at radius 3 is 2.50 bits per heavy atom. The maximum atomic E-state index is 11.9. The summed E-state index contributed by atoms with van der Waals surface area (Å²) >= 11 is 0. The molecule has 7 heteroatoms. The zero-order chi connectivity index (χ0) is 12.5. The number of hydrogen-bond donors (Lipinski definition) is 2. The largest absolute Gasteiger partial charge is 0.390 e. The van der Waals surface area contributed by atoms with Gasteiger partial charge in [-0.15, -0.1) is 12.4 Å². The number of alkyl halides is 3. The number of amides is 1. The zero-order valence-corrected chi connectivity index (χ0v) is 10.8. The van der Waals surface area contributed by atoms with Crippen LogP contribution < -0.4 is 10.6 Å². The predicted molar refractivity (Wildman–Crippen MR) is 63.6 cm³/mol. The smallest absolute Gasteiger partial charge is 0.356 e. The van der Waals surface area contributed by atoms with Crippen molar-refractivity contribution in [3.63, 3.8) is 0 Å². The molecule has 0 aromatic carbocycles. The van der Waals surface area contributed by atoms with Crippen molar-refractivity contribution in [3.05, 3.63) is 0 Å². The molecule has 2 aliphatic rings. The van der Waals surface area contributed by atoms with E-state index < -0.39 is 12.6 Å². The lowest BCUT2D eigenvalue weighted by molar-refractivity contribution is -0.136. The van der Waals surface area contributed by atoms with E-state index in [2.05, 4.69) is 10.6 Å². The second kappa shape index (κ2) is 5.65. The zero-order valence-electron chi connectivity index (χ0n) is 9.98. The van der Waals surface area contributed by atoms with E-state index in [1.165, 1.54) is 0 Å². The molecular formula is C11H18ClF3N2O. The number of carbonyl (C=O) groups is 1. The van der Waals surface area contributed by atoms with E-state index in [4.69, 9.17) is 0 Å². The van der Waals surface area contributed by atoms with Crippen LogP contribution in [0, 0.1) is 11.3 Å². The molecule has 0 radical (unpaired) electrons. The first kappa shape index (κ1) is 15.6. The summed E-state index contributed by atoms with van der Waals surface area (Å²) in [4.78, 5) is 11.7. The van der Waals surface area contributed by atoms with Crippen LogP contribution in [0.3, 0.4) is 0 Å². The third-order valence-electron chi connectivity index (χ3n) is 3.81. The molecule has 0 aromatic rings. The predicted octanol–water partition coefficient (Wildman–Crippen LogP) is 1.87. The summed E-state index contributed by atoms with van der Waals surface area (Å²) in [7, 11) is 0. The molecule has 18 heavy (non-hydrogen) atoms. The fourth-order valence-electron chi connectivity index (χ4n) is 2.65. The van der Waals surface area contributed by atoms with E-state index >= 15 is 0 Å². The summed E-state index contributed by atoms with van der Waals surface area (Å²) in [6.07, 6.45) is -2.37. The molecular weight excluding hydrogens is 269 g/mol. The first-order valence-electron chi connectivity index (χ1n) is 5.98. The molecule has 2 N–H and O–H groups in total. The van der Waals surface area contributed by atoms with Gasteiger partial charge in [0.1, 0.15) is 0 Å². The lowest BCUT2D eigenvalue weighted by atomic mass is 9.92. The molecule has 1 aliphatic carbocycles. The minimum absolute atomic E-state index is 0. The minimum Gasteiger partial charge on any atom is -0.356 e. The highest BCUT2D eigenvalue weighted by atomic mass is 35.5. The van der Waals surface area contributed by atoms with Crippen LogP contribution in [0.2, 0.25) is 0 Å². The molecule has 0 aromatic heterocycles. The average molecular weight is 287 g/mol. The molecule has 1 unspecified atom stereocenters. The lowest BCUT2D eigenvalue weighted by Crippen LogP contribution is -2.34. The second-order valence-electron chi connectivity index (χ2n) is 5.03. The van der Waals surface area contributed by atoms with Crippen molar-refractivity contribution in [1.29, 1.82) is 0 Å². The molecule has 1 saturated heterocycles. The van der Waals surface area contributed by atoms with E-state index in [1.807, 2.05) is 0 Å². The van der Waals surface area contributed by atoms with Gasteiger partial charge in [-0.05, 0) is 37.8 Å². The SMILES string of the molecule is Cl.O=C(NCCC(F)(F)F)C1CC12CCNCC2. The second-order valence-corrected chi connectivity index (χ2v) is 5.03. The Hall–Kier alpha value is -0.490. The van der Waals surface area contributed by atoms with Crippen LogP contribution in [0.5, 0.6) is 0 Å². The third kappa shape index (κ3) is 3.75. The Balaban J connectivity index is 0.00000162. The maximum absolute atomic E-state index is 11.9. The van der Waals surface area contributed by atoms with Gasteiger partial charge in [-0.25, -0.2) is 0 Å². The van der Waals surface area contributed by atoms with Crippen LogP contribution in [0.4, 0.5) is 13.2 Å². The van der Waals surface area contributed by atoms with Crippen molar-refractivity contribution in [3.8, 4) is 0 Å². The van der Waals surface area contributed by atoms with E-state index in [0.717, 1.165) is 32.4 Å². The van der Waals surface area contributed by atoms with Crippen molar-refractivity contribution in [2.75, 3.05) is 19.6 Å². The highest BCUT2D eigenvalue weighted by Gasteiger charge is 2.57. The number of carbonyl (C=O) groups excluding carboxylic acids is 1. The number of piperidine rings is 1. The summed E-state index contributed by atoms with van der Waals surface area (Å²) in [5.41, 5.74) is 0.0908. The Morgan fingerprint density at radius 2 is 1.94 bits per heavy atom. The fourth-order valence-corrected chi connectivity index (χ4v) is 2.65. The summed E-state index contributed by atoms with van der Waals surface area (Å²) < 4.78 is 35.7. The van der Waals surface area contributed by atoms with Gasteiger partial charge in [0, 0.05) is 12.5 Å². The number of hydrogen-bond acceptors (Lipinski definition) is 2. The topological polar surface area (TPSA) is 41.1 Å². The minimum atomic E-state index is -4.19. The third-order valence-corrected chi connectivity index (χ3v) is 3.81. The van der Waals surface area contributed by atoms with Gasteiger partial charge in [-0.2, -0.15) is 13.2 Å². The molecule has 1 aliphatic heterocycles. The van der Waals surface area contributed by atoms with Gasteiger partial charge in [0.15, 0.2) is 0 Å². The first-order valence-corrected chi connectivity index (χ1v) is 5.98. The first-order chi connectivity index (χ1) is 7.93. The van der Waals surface area contributed by atoms with Crippen LogP contribution in [0.25, 0.3) is 0 Å². The molecule has 1 spiro atoms. The van der Waals surface area contributed by atoms with Gasteiger partial charge in [0.25, 0.3) is 0 Å². The normalized spacial score (nSPS) is 25.4. The Morgan fingerprint density at radius 1 is 1.33 bits per heavy atom. The van der Waals surface area contributed by atoms with Gasteiger partial charge >= 0.3 is 6.18 Å². The highest BCUT2D eigenvalue weighted by Crippen LogP contribution is 2.58. The Bertz CT molecular complexity index is 303. The summed E-state index contributed by atoms with van der Waals surface area (Å²) in [6.45, 7) is 1.52. The van der Waals surface area contributed by atoms with Crippen molar-refractivity contribution in [2.45, 2.75) is 31.9 Å². The van der Waals surface area contributed by atoms with Crippen LogP contribution in [-0.4, -0.2) is 31.7 Å². The number of rotatable bonds is 3. The molecule has 2 rings (SSSR count). The maximum Gasteiger partial charge on any atom is 0.390 e. The summed E-state index contributed by atoms with van der Waals surface area (Å²) in [5, 5.41) is 5.62. The monoisotopic (exact) mass is 286 g/mol. The van der Waals surface area contributed by atoms with Crippen molar-refractivity contribution < 1.29 is 18.0 Å².